The average Bonchev–Trinajstić information content (AvgIpc) is 3.06. The minimum Gasteiger partial charge on any atom is -0.339 e. The zero-order chi connectivity index (χ0) is 12.5. The normalized spacial score (nSPS) is 16.3. The number of amides is 1. The maximum Gasteiger partial charge on any atom is 0.253 e. The van der Waals surface area contributed by atoms with Gasteiger partial charge in [-0.05, 0) is 25.0 Å². The monoisotopic (exact) mass is 243 g/mol. The molecule has 94 valence electrons. The lowest BCUT2D eigenvalue weighted by Crippen LogP contribution is -2.35. The second-order valence-electron chi connectivity index (χ2n) is 5.03. The fraction of sp³-hybridized carbons (Fsp3) is 0.429. The summed E-state index contributed by atoms with van der Waals surface area (Å²) in [6.45, 7) is 0. The van der Waals surface area contributed by atoms with Crippen molar-refractivity contribution in [3.05, 3.63) is 30.0 Å². The number of rotatable bonds is 2. The first-order valence-electron chi connectivity index (χ1n) is 6.46. The van der Waals surface area contributed by atoms with Crippen molar-refractivity contribution >= 4 is 16.8 Å². The Morgan fingerprint density at radius 3 is 2.94 bits per heavy atom. The summed E-state index contributed by atoms with van der Waals surface area (Å²) in [5, 5.41) is 7.91. The fourth-order valence-corrected chi connectivity index (χ4v) is 2.73. The molecule has 0 radical (unpaired) electrons. The number of carbonyl (C=O) groups is 1. The minimum atomic E-state index is 0.110. The third-order valence-electron chi connectivity index (χ3n) is 3.88. The van der Waals surface area contributed by atoms with Gasteiger partial charge in [0.25, 0.3) is 5.91 Å². The molecule has 1 amide bonds. The molecule has 1 aliphatic rings. The molecule has 3 rings (SSSR count). The van der Waals surface area contributed by atoms with E-state index in [-0.39, 0.29) is 5.91 Å². The summed E-state index contributed by atoms with van der Waals surface area (Å²) in [6.07, 6.45) is 6.51. The topological polar surface area (TPSA) is 49.0 Å². The van der Waals surface area contributed by atoms with Crippen molar-refractivity contribution in [1.29, 1.82) is 0 Å². The molecule has 1 aromatic carbocycles. The van der Waals surface area contributed by atoms with Crippen LogP contribution in [0.5, 0.6) is 0 Å². The Labute approximate surface area is 106 Å². The molecule has 18 heavy (non-hydrogen) atoms. The predicted molar refractivity (Wildman–Crippen MR) is 70.4 cm³/mol. The molecule has 1 aliphatic carbocycles. The van der Waals surface area contributed by atoms with E-state index in [9.17, 15) is 4.79 Å². The van der Waals surface area contributed by atoms with E-state index < -0.39 is 0 Å². The van der Waals surface area contributed by atoms with Gasteiger partial charge in [-0.3, -0.25) is 9.89 Å². The van der Waals surface area contributed by atoms with Gasteiger partial charge in [0.2, 0.25) is 0 Å². The summed E-state index contributed by atoms with van der Waals surface area (Å²) in [7, 11) is 1.91. The first kappa shape index (κ1) is 11.3. The Morgan fingerprint density at radius 1 is 1.39 bits per heavy atom. The number of hydrogen-bond donors (Lipinski definition) is 1. The van der Waals surface area contributed by atoms with Gasteiger partial charge in [-0.2, -0.15) is 5.10 Å². The highest BCUT2D eigenvalue weighted by atomic mass is 16.2. The number of fused-ring (bicyclic) bond motifs is 1. The molecule has 0 aliphatic heterocycles. The lowest BCUT2D eigenvalue weighted by Gasteiger charge is -2.24. The first-order valence-corrected chi connectivity index (χ1v) is 6.46. The van der Waals surface area contributed by atoms with Gasteiger partial charge in [-0.15, -0.1) is 0 Å². The van der Waals surface area contributed by atoms with Crippen LogP contribution in [0.4, 0.5) is 0 Å². The van der Waals surface area contributed by atoms with E-state index in [2.05, 4.69) is 10.2 Å². The molecule has 0 atom stereocenters. The number of aromatic amines is 1. The smallest absolute Gasteiger partial charge is 0.253 e. The molecule has 1 saturated carbocycles. The summed E-state index contributed by atoms with van der Waals surface area (Å²) in [6, 6.07) is 6.12. The van der Waals surface area contributed by atoms with Gasteiger partial charge in [0.1, 0.15) is 0 Å². The quantitative estimate of drug-likeness (QED) is 0.881. The van der Waals surface area contributed by atoms with Gasteiger partial charge in [-0.1, -0.05) is 18.9 Å². The van der Waals surface area contributed by atoms with Crippen LogP contribution in [-0.2, 0) is 0 Å². The molecule has 2 aromatic rings. The molecule has 1 fully saturated rings. The van der Waals surface area contributed by atoms with Crippen LogP contribution in [0.3, 0.4) is 0 Å². The molecular weight excluding hydrogens is 226 g/mol. The molecule has 4 nitrogen and oxygen atoms in total. The summed E-state index contributed by atoms with van der Waals surface area (Å²) in [5.74, 6) is 0.110. The van der Waals surface area contributed by atoms with Crippen LogP contribution in [0.2, 0.25) is 0 Å². The highest BCUT2D eigenvalue weighted by Gasteiger charge is 2.24. The lowest BCUT2D eigenvalue weighted by molar-refractivity contribution is 0.0735. The number of carbonyl (C=O) groups excluding carboxylic acids is 1. The zero-order valence-corrected chi connectivity index (χ0v) is 10.5. The van der Waals surface area contributed by atoms with Gasteiger partial charge >= 0.3 is 0 Å². The second kappa shape index (κ2) is 4.44. The Morgan fingerprint density at radius 2 is 2.17 bits per heavy atom. The average molecular weight is 243 g/mol. The minimum absolute atomic E-state index is 0.110. The number of H-pyrrole nitrogens is 1. The van der Waals surface area contributed by atoms with Crippen molar-refractivity contribution in [2.75, 3.05) is 7.05 Å². The molecule has 1 N–H and O–H groups in total. The van der Waals surface area contributed by atoms with Gasteiger partial charge in [0.15, 0.2) is 0 Å². The van der Waals surface area contributed by atoms with E-state index in [4.69, 9.17) is 0 Å². The van der Waals surface area contributed by atoms with Crippen molar-refractivity contribution < 1.29 is 4.79 Å². The highest BCUT2D eigenvalue weighted by Crippen LogP contribution is 2.24. The zero-order valence-electron chi connectivity index (χ0n) is 10.5. The number of benzene rings is 1. The first-order chi connectivity index (χ1) is 8.75. The molecule has 0 spiro atoms. The van der Waals surface area contributed by atoms with Crippen LogP contribution < -0.4 is 0 Å². The van der Waals surface area contributed by atoms with Gasteiger partial charge in [-0.25, -0.2) is 0 Å². The highest BCUT2D eigenvalue weighted by molar-refractivity contribution is 5.97. The SMILES string of the molecule is CN(C(=O)c1ccc2cn[nH]c2c1)C1CCCC1. The summed E-state index contributed by atoms with van der Waals surface area (Å²) in [5.41, 5.74) is 1.65. The molecule has 0 saturated heterocycles. The third-order valence-corrected chi connectivity index (χ3v) is 3.88. The van der Waals surface area contributed by atoms with Crippen LogP contribution in [0.25, 0.3) is 10.9 Å². The Balaban J connectivity index is 1.86. The van der Waals surface area contributed by atoms with Crippen molar-refractivity contribution in [3.63, 3.8) is 0 Å². The number of aromatic nitrogens is 2. The van der Waals surface area contributed by atoms with Crippen molar-refractivity contribution in [2.45, 2.75) is 31.7 Å². The van der Waals surface area contributed by atoms with Crippen LogP contribution in [0.1, 0.15) is 36.0 Å². The van der Waals surface area contributed by atoms with E-state index in [1.807, 2.05) is 30.1 Å². The molecule has 1 heterocycles. The molecular formula is C14H17N3O. The van der Waals surface area contributed by atoms with Gasteiger partial charge in [0.05, 0.1) is 11.7 Å². The van der Waals surface area contributed by atoms with Crippen LogP contribution in [-0.4, -0.2) is 34.1 Å². The van der Waals surface area contributed by atoms with Gasteiger partial charge in [0, 0.05) is 24.0 Å². The van der Waals surface area contributed by atoms with Crippen molar-refractivity contribution in [3.8, 4) is 0 Å². The maximum absolute atomic E-state index is 12.4. The second-order valence-corrected chi connectivity index (χ2v) is 5.03. The summed E-state index contributed by atoms with van der Waals surface area (Å²) >= 11 is 0. The van der Waals surface area contributed by atoms with E-state index in [0.29, 0.717) is 6.04 Å². The van der Waals surface area contributed by atoms with E-state index >= 15 is 0 Å². The van der Waals surface area contributed by atoms with E-state index in [0.717, 1.165) is 29.3 Å². The molecule has 0 unspecified atom stereocenters. The summed E-state index contributed by atoms with van der Waals surface area (Å²) < 4.78 is 0. The van der Waals surface area contributed by atoms with Crippen molar-refractivity contribution in [2.24, 2.45) is 0 Å². The fourth-order valence-electron chi connectivity index (χ4n) is 2.73. The standard InChI is InChI=1S/C14H17N3O/c1-17(12-4-2-3-5-12)14(18)10-6-7-11-9-15-16-13(11)8-10/h6-9,12H,2-5H2,1H3,(H,15,16). The molecule has 0 bridgehead atoms. The molecule has 4 heteroatoms. The van der Waals surface area contributed by atoms with Crippen LogP contribution >= 0.6 is 0 Å². The predicted octanol–water partition coefficient (Wildman–Crippen LogP) is 2.58. The number of nitrogens with zero attached hydrogens (tertiary/aromatic N) is 2. The van der Waals surface area contributed by atoms with E-state index in [1.54, 1.807) is 6.20 Å². The van der Waals surface area contributed by atoms with Gasteiger partial charge < -0.3 is 4.90 Å². The molecule has 1 aromatic heterocycles. The Kier molecular flexibility index (Phi) is 2.78. The summed E-state index contributed by atoms with van der Waals surface area (Å²) in [4.78, 5) is 14.3. The van der Waals surface area contributed by atoms with Crippen LogP contribution in [0, 0.1) is 0 Å². The third kappa shape index (κ3) is 1.88. The van der Waals surface area contributed by atoms with Crippen molar-refractivity contribution in [1.82, 2.24) is 15.1 Å². The lowest BCUT2D eigenvalue weighted by atomic mass is 10.1. The number of hydrogen-bond acceptors (Lipinski definition) is 2. The largest absolute Gasteiger partial charge is 0.339 e. The number of nitrogens with one attached hydrogen (secondary N) is 1. The van der Waals surface area contributed by atoms with E-state index in [1.165, 1.54) is 12.8 Å². The van der Waals surface area contributed by atoms with Crippen LogP contribution in [0.15, 0.2) is 24.4 Å². The Hall–Kier alpha value is -1.84. The maximum atomic E-state index is 12.4. The Bertz CT molecular complexity index is 569.